The second kappa shape index (κ2) is 5.16. The maximum Gasteiger partial charge on any atom is 0.333 e. The van der Waals surface area contributed by atoms with Gasteiger partial charge in [0.15, 0.2) is 6.61 Å². The average molecular weight is 271 g/mol. The summed E-state index contributed by atoms with van der Waals surface area (Å²) in [6.07, 6.45) is 2.30. The summed E-state index contributed by atoms with van der Waals surface area (Å²) >= 11 is 0. The molecule has 0 amide bonds. The molecule has 3 rings (SSSR count). The maximum atomic E-state index is 11.2. The summed E-state index contributed by atoms with van der Waals surface area (Å²) < 4.78 is 9.63. The summed E-state index contributed by atoms with van der Waals surface area (Å²) in [5.41, 5.74) is 4.62. The summed E-state index contributed by atoms with van der Waals surface area (Å²) in [6.45, 7) is 6.07. The smallest absolute Gasteiger partial charge is 0.333 e. The molecule has 1 atom stereocenters. The minimum absolute atomic E-state index is 0.330. The topological polar surface area (TPSA) is 39.1 Å². The SMILES string of the molecule is C=C(C)C(=O)OCC[OH+]C1=C2c3ccccc3CCC12. The third kappa shape index (κ3) is 2.36. The van der Waals surface area contributed by atoms with Gasteiger partial charge in [0.1, 0.15) is 5.92 Å². The van der Waals surface area contributed by atoms with Crippen LogP contribution in [0.2, 0.25) is 0 Å². The molecular formula is C17H19O3+. The summed E-state index contributed by atoms with van der Waals surface area (Å²) in [5.74, 6) is 1.42. The van der Waals surface area contributed by atoms with Crippen LogP contribution in [-0.2, 0) is 16.0 Å². The van der Waals surface area contributed by atoms with Crippen LogP contribution in [0.15, 0.2) is 42.2 Å². The Labute approximate surface area is 118 Å². The lowest BCUT2D eigenvalue weighted by Gasteiger charge is -2.10. The van der Waals surface area contributed by atoms with Gasteiger partial charge in [0.05, 0.1) is 5.57 Å². The van der Waals surface area contributed by atoms with Gasteiger partial charge in [-0.1, -0.05) is 30.8 Å². The normalized spacial score (nSPS) is 18.9. The van der Waals surface area contributed by atoms with Gasteiger partial charge < -0.3 is 9.47 Å². The molecule has 104 valence electrons. The maximum absolute atomic E-state index is 11.2. The minimum Gasteiger partial charge on any atom is -0.583 e. The number of ether oxygens (including phenoxy) is 2. The molecule has 0 spiro atoms. The van der Waals surface area contributed by atoms with Gasteiger partial charge in [-0.15, -0.1) is 0 Å². The highest BCUT2D eigenvalue weighted by Gasteiger charge is 2.48. The van der Waals surface area contributed by atoms with E-state index < -0.39 is 0 Å². The molecule has 0 radical (unpaired) electrons. The van der Waals surface area contributed by atoms with Gasteiger partial charge in [0.2, 0.25) is 12.4 Å². The molecule has 2 aliphatic rings. The zero-order valence-electron chi connectivity index (χ0n) is 11.7. The third-order valence-electron chi connectivity index (χ3n) is 3.84. The van der Waals surface area contributed by atoms with E-state index in [1.165, 1.54) is 22.5 Å². The van der Waals surface area contributed by atoms with Gasteiger partial charge in [-0.3, -0.25) is 0 Å². The van der Waals surface area contributed by atoms with Crippen LogP contribution in [-0.4, -0.2) is 23.9 Å². The first-order chi connectivity index (χ1) is 9.68. The standard InChI is InChI=1S/C17H18O3/c1-11(2)17(18)20-10-9-19-16-14-8-7-12-5-3-4-6-13(12)15(14)16/h3-6,14H,1,7-10H2,2H3/p+1. The number of fused-ring (bicyclic) bond motifs is 3. The van der Waals surface area contributed by atoms with Gasteiger partial charge in [-0.25, -0.2) is 4.79 Å². The summed E-state index contributed by atoms with van der Waals surface area (Å²) in [4.78, 5) is 11.2. The molecule has 0 fully saturated rings. The molecular weight excluding hydrogens is 252 g/mol. The van der Waals surface area contributed by atoms with E-state index in [-0.39, 0.29) is 5.97 Å². The van der Waals surface area contributed by atoms with E-state index in [1.54, 1.807) is 6.92 Å². The first kappa shape index (κ1) is 13.0. The van der Waals surface area contributed by atoms with Gasteiger partial charge in [-0.2, -0.15) is 0 Å². The van der Waals surface area contributed by atoms with Crippen molar-refractivity contribution < 1.29 is 14.3 Å². The second-order valence-electron chi connectivity index (χ2n) is 5.35. The van der Waals surface area contributed by atoms with E-state index in [2.05, 4.69) is 35.6 Å². The third-order valence-corrected chi connectivity index (χ3v) is 3.84. The zero-order valence-corrected chi connectivity index (χ0v) is 11.7. The Balaban J connectivity index is 1.55. The fraction of sp³-hybridized carbons (Fsp3) is 0.353. The van der Waals surface area contributed by atoms with Crippen LogP contribution >= 0.6 is 0 Å². The number of carbonyl (C=O) groups is 1. The van der Waals surface area contributed by atoms with Gasteiger partial charge in [0, 0.05) is 5.57 Å². The molecule has 0 aromatic heterocycles. The van der Waals surface area contributed by atoms with Crippen LogP contribution in [0.5, 0.6) is 0 Å². The van der Waals surface area contributed by atoms with Crippen LogP contribution in [0.4, 0.5) is 0 Å². The lowest BCUT2D eigenvalue weighted by atomic mass is 9.92. The van der Waals surface area contributed by atoms with Crippen molar-refractivity contribution in [3.05, 3.63) is 53.3 Å². The molecule has 0 aliphatic heterocycles. The number of aliphatic hydroxyl groups is 2. The number of hydrogen-bond donors (Lipinski definition) is 0. The number of benzene rings is 1. The molecule has 1 aromatic rings. The molecule has 0 heterocycles. The molecule has 3 nitrogen and oxygen atoms in total. The molecule has 1 unspecified atom stereocenters. The van der Waals surface area contributed by atoms with E-state index in [9.17, 15) is 4.79 Å². The predicted molar refractivity (Wildman–Crippen MR) is 78.0 cm³/mol. The minimum atomic E-state index is -0.337. The average Bonchev–Trinajstić information content (AvgIpc) is 3.17. The largest absolute Gasteiger partial charge is 0.583 e. The Bertz CT molecular complexity index is 598. The predicted octanol–water partition coefficient (Wildman–Crippen LogP) is 2.62. The fourth-order valence-corrected chi connectivity index (χ4v) is 2.79. The number of hydrogen-bond acceptors (Lipinski definition) is 2. The molecule has 0 saturated heterocycles. The number of carbonyl (C=O) groups excluding carboxylic acids is 1. The Morgan fingerprint density at radius 2 is 2.25 bits per heavy atom. The first-order valence-corrected chi connectivity index (χ1v) is 7.01. The van der Waals surface area contributed by atoms with Crippen LogP contribution < -0.4 is 0 Å². The van der Waals surface area contributed by atoms with Crippen molar-refractivity contribution in [2.75, 3.05) is 13.2 Å². The second-order valence-corrected chi connectivity index (χ2v) is 5.35. The highest BCUT2D eigenvalue weighted by atomic mass is 16.6. The molecule has 20 heavy (non-hydrogen) atoms. The highest BCUT2D eigenvalue weighted by Crippen LogP contribution is 2.53. The summed E-state index contributed by atoms with van der Waals surface area (Å²) in [5, 5.41) is 0. The van der Waals surface area contributed by atoms with Gasteiger partial charge >= 0.3 is 5.97 Å². The van der Waals surface area contributed by atoms with Crippen LogP contribution in [0.1, 0.15) is 24.5 Å². The van der Waals surface area contributed by atoms with E-state index in [1.807, 2.05) is 0 Å². The number of esters is 1. The quantitative estimate of drug-likeness (QED) is 0.357. The molecule has 0 saturated carbocycles. The Morgan fingerprint density at radius 1 is 1.45 bits per heavy atom. The van der Waals surface area contributed by atoms with Crippen LogP contribution in [0, 0.1) is 5.92 Å². The number of aryl methyl sites for hydroxylation is 1. The van der Waals surface area contributed by atoms with E-state index in [4.69, 9.17) is 4.74 Å². The number of allylic oxidation sites excluding steroid dienone is 2. The Hall–Kier alpha value is -2.03. The lowest BCUT2D eigenvalue weighted by Crippen LogP contribution is -2.12. The van der Waals surface area contributed by atoms with Crippen LogP contribution in [0.3, 0.4) is 0 Å². The van der Waals surface area contributed by atoms with Crippen molar-refractivity contribution in [2.24, 2.45) is 5.92 Å². The molecule has 1 aromatic carbocycles. The summed E-state index contributed by atoms with van der Waals surface area (Å²) in [7, 11) is 0. The van der Waals surface area contributed by atoms with Crippen LogP contribution in [0.25, 0.3) is 5.57 Å². The van der Waals surface area contributed by atoms with Crippen molar-refractivity contribution in [2.45, 2.75) is 19.8 Å². The van der Waals surface area contributed by atoms with Crippen molar-refractivity contribution in [3.8, 4) is 0 Å². The Morgan fingerprint density at radius 3 is 3.05 bits per heavy atom. The van der Waals surface area contributed by atoms with Crippen molar-refractivity contribution in [1.82, 2.24) is 0 Å². The molecule has 0 bridgehead atoms. The van der Waals surface area contributed by atoms with Crippen molar-refractivity contribution >= 4 is 11.5 Å². The van der Waals surface area contributed by atoms with Gasteiger partial charge in [0.25, 0.3) is 0 Å². The van der Waals surface area contributed by atoms with Crippen molar-refractivity contribution in [3.63, 3.8) is 0 Å². The zero-order chi connectivity index (χ0) is 14.1. The molecule has 1 N–H and O–H groups in total. The van der Waals surface area contributed by atoms with E-state index >= 15 is 0 Å². The summed E-state index contributed by atoms with van der Waals surface area (Å²) in [6, 6.07) is 8.55. The fourth-order valence-electron chi connectivity index (χ4n) is 2.79. The van der Waals surface area contributed by atoms with Crippen molar-refractivity contribution in [1.29, 1.82) is 0 Å². The first-order valence-electron chi connectivity index (χ1n) is 7.01. The van der Waals surface area contributed by atoms with E-state index in [0.717, 1.165) is 12.8 Å². The number of rotatable bonds is 5. The monoisotopic (exact) mass is 271 g/mol. The molecule has 2 aliphatic carbocycles. The van der Waals surface area contributed by atoms with E-state index in [0.29, 0.717) is 24.7 Å². The Kier molecular flexibility index (Phi) is 3.35. The highest BCUT2D eigenvalue weighted by molar-refractivity contribution is 5.87. The molecule has 3 heteroatoms. The lowest BCUT2D eigenvalue weighted by molar-refractivity contribution is -0.142. The van der Waals surface area contributed by atoms with Gasteiger partial charge in [-0.05, 0) is 30.9 Å².